The van der Waals surface area contributed by atoms with Crippen molar-refractivity contribution in [2.24, 2.45) is 0 Å². The molecule has 7 aromatic rings. The van der Waals surface area contributed by atoms with Crippen molar-refractivity contribution in [1.82, 2.24) is 9.97 Å². The molecule has 0 saturated heterocycles. The minimum atomic E-state index is 1.03. The Balaban J connectivity index is 1.71. The molecule has 5 aromatic carbocycles. The van der Waals surface area contributed by atoms with Gasteiger partial charge in [0, 0.05) is 33.3 Å². The Morgan fingerprint density at radius 2 is 0.711 bits per heavy atom. The van der Waals surface area contributed by atoms with Crippen LogP contribution in [0.4, 0.5) is 0 Å². The maximum Gasteiger partial charge on any atom is 0.0796 e. The summed E-state index contributed by atoms with van der Waals surface area (Å²) in [5.41, 5.74) is 9.05. The van der Waals surface area contributed by atoms with E-state index in [9.17, 15) is 0 Å². The number of rotatable bonds is 2. The van der Waals surface area contributed by atoms with Gasteiger partial charge in [-0.3, -0.25) is 9.97 Å². The van der Waals surface area contributed by atoms with Crippen molar-refractivity contribution in [3.63, 3.8) is 0 Å². The molecule has 0 amide bonds. The summed E-state index contributed by atoms with van der Waals surface area (Å²) in [4.78, 5) is 10.4. The van der Waals surface area contributed by atoms with Crippen LogP contribution in [0, 0.1) is 27.7 Å². The fraction of sp³-hybridized carbons (Fsp3) is 0.111. The highest BCUT2D eigenvalue weighted by Crippen LogP contribution is 2.46. The van der Waals surface area contributed by atoms with Gasteiger partial charge in [0.25, 0.3) is 0 Å². The van der Waals surface area contributed by atoms with Gasteiger partial charge in [0.1, 0.15) is 0 Å². The monoisotopic (exact) mass is 488 g/mol. The summed E-state index contributed by atoms with van der Waals surface area (Å²) in [6.45, 7) is 8.56. The van der Waals surface area contributed by atoms with E-state index >= 15 is 0 Å². The van der Waals surface area contributed by atoms with Crippen LogP contribution in [0.2, 0.25) is 0 Å². The van der Waals surface area contributed by atoms with Gasteiger partial charge in [0.2, 0.25) is 0 Å². The Hall–Kier alpha value is -4.56. The van der Waals surface area contributed by atoms with Crippen LogP contribution in [0.15, 0.2) is 97.1 Å². The highest BCUT2D eigenvalue weighted by atomic mass is 14.7. The third-order valence-electron chi connectivity index (χ3n) is 7.85. The molecular weight excluding hydrogens is 460 g/mol. The maximum absolute atomic E-state index is 5.18. The van der Waals surface area contributed by atoms with E-state index in [0.29, 0.717) is 0 Å². The Bertz CT molecular complexity index is 1860. The van der Waals surface area contributed by atoms with Crippen LogP contribution in [-0.2, 0) is 0 Å². The van der Waals surface area contributed by atoms with E-state index in [1.165, 1.54) is 65.3 Å². The fourth-order valence-corrected chi connectivity index (χ4v) is 6.13. The molecule has 2 aromatic heterocycles. The lowest BCUT2D eigenvalue weighted by Crippen LogP contribution is -1.97. The molecule has 0 aliphatic heterocycles. The van der Waals surface area contributed by atoms with E-state index in [1.807, 2.05) is 0 Å². The average molecular weight is 489 g/mol. The summed E-state index contributed by atoms with van der Waals surface area (Å²) in [6.07, 6.45) is 0. The van der Waals surface area contributed by atoms with Gasteiger partial charge in [-0.25, -0.2) is 0 Å². The van der Waals surface area contributed by atoms with Crippen LogP contribution in [0.5, 0.6) is 0 Å². The first-order valence-electron chi connectivity index (χ1n) is 13.2. The molecule has 0 aliphatic carbocycles. The summed E-state index contributed by atoms with van der Waals surface area (Å²) in [5.74, 6) is 0. The molecule has 0 saturated carbocycles. The molecule has 2 heterocycles. The van der Waals surface area contributed by atoms with Gasteiger partial charge in [-0.15, -0.1) is 0 Å². The number of aryl methyl sites for hydroxylation is 4. The van der Waals surface area contributed by atoms with Crippen molar-refractivity contribution >= 4 is 43.1 Å². The highest BCUT2D eigenvalue weighted by Gasteiger charge is 2.21. The van der Waals surface area contributed by atoms with Gasteiger partial charge in [-0.1, -0.05) is 84.9 Å². The predicted octanol–water partition coefficient (Wildman–Crippen LogP) is 9.66. The molecule has 0 unspecified atom stereocenters. The smallest absolute Gasteiger partial charge is 0.0796 e. The summed E-state index contributed by atoms with van der Waals surface area (Å²) in [6, 6.07) is 35.0. The number of hydrogen-bond acceptors (Lipinski definition) is 2. The first-order valence-corrected chi connectivity index (χ1v) is 13.2. The molecule has 0 fully saturated rings. The van der Waals surface area contributed by atoms with Crippen molar-refractivity contribution in [2.75, 3.05) is 0 Å². The molecular formula is C36H28N2. The molecule has 38 heavy (non-hydrogen) atoms. The van der Waals surface area contributed by atoms with Crippen LogP contribution >= 0.6 is 0 Å². The molecule has 0 aliphatic rings. The van der Waals surface area contributed by atoms with E-state index < -0.39 is 0 Å². The Morgan fingerprint density at radius 1 is 0.368 bits per heavy atom. The van der Waals surface area contributed by atoms with Gasteiger partial charge < -0.3 is 0 Å². The first kappa shape index (κ1) is 22.6. The standard InChI is InChI=1S/C36H28N2/c1-21-11-9-17-29-31(21)19-23(3)37-35(29)33-25-13-5-7-15-27(25)34(28-16-8-6-14-26(28)33)36-30-18-10-12-22(2)32(30)20-24(4)38-36/h5-20H,1-4H3. The minimum absolute atomic E-state index is 1.03. The summed E-state index contributed by atoms with van der Waals surface area (Å²) < 4.78 is 0. The van der Waals surface area contributed by atoms with Crippen molar-refractivity contribution in [3.8, 4) is 22.5 Å². The quantitative estimate of drug-likeness (QED) is 0.226. The molecule has 0 N–H and O–H groups in total. The second-order valence-corrected chi connectivity index (χ2v) is 10.4. The predicted molar refractivity (Wildman–Crippen MR) is 162 cm³/mol. The largest absolute Gasteiger partial charge is 0.252 e. The molecule has 0 bridgehead atoms. The molecule has 2 nitrogen and oxygen atoms in total. The van der Waals surface area contributed by atoms with Crippen LogP contribution in [0.25, 0.3) is 65.6 Å². The number of pyridine rings is 2. The normalized spacial score (nSPS) is 11.7. The topological polar surface area (TPSA) is 25.8 Å². The lowest BCUT2D eigenvalue weighted by atomic mass is 9.86. The molecule has 7 rings (SSSR count). The molecule has 2 heteroatoms. The lowest BCUT2D eigenvalue weighted by molar-refractivity contribution is 1.23. The van der Waals surface area contributed by atoms with Crippen LogP contribution in [0.1, 0.15) is 22.5 Å². The molecule has 0 atom stereocenters. The third-order valence-corrected chi connectivity index (χ3v) is 7.85. The number of fused-ring (bicyclic) bond motifs is 4. The number of aromatic nitrogens is 2. The van der Waals surface area contributed by atoms with Crippen molar-refractivity contribution < 1.29 is 0 Å². The highest BCUT2D eigenvalue weighted by molar-refractivity contribution is 6.24. The number of nitrogens with zero attached hydrogens (tertiary/aromatic N) is 2. The summed E-state index contributed by atoms with van der Waals surface area (Å²) in [5, 5.41) is 9.69. The lowest BCUT2D eigenvalue weighted by Gasteiger charge is -2.19. The SMILES string of the molecule is Cc1cc2c(C)cccc2c(-c2c3ccccc3c(-c3nc(C)cc4c(C)cccc34)c3ccccc23)n1. The average Bonchev–Trinajstić information content (AvgIpc) is 2.92. The molecule has 182 valence electrons. The Morgan fingerprint density at radius 3 is 1.08 bits per heavy atom. The third kappa shape index (κ3) is 3.34. The first-order chi connectivity index (χ1) is 18.5. The van der Waals surface area contributed by atoms with E-state index in [-0.39, 0.29) is 0 Å². The van der Waals surface area contributed by atoms with Gasteiger partial charge in [-0.05, 0) is 83.3 Å². The minimum Gasteiger partial charge on any atom is -0.252 e. The fourth-order valence-electron chi connectivity index (χ4n) is 6.13. The van der Waals surface area contributed by atoms with E-state index in [0.717, 1.165) is 22.8 Å². The molecule has 0 spiro atoms. The van der Waals surface area contributed by atoms with Crippen LogP contribution in [0.3, 0.4) is 0 Å². The Kier molecular flexibility index (Phi) is 5.06. The Labute approximate surface area is 222 Å². The van der Waals surface area contributed by atoms with Crippen molar-refractivity contribution in [3.05, 3.63) is 120 Å². The van der Waals surface area contributed by atoms with E-state index in [4.69, 9.17) is 9.97 Å². The van der Waals surface area contributed by atoms with Crippen molar-refractivity contribution in [1.29, 1.82) is 0 Å². The van der Waals surface area contributed by atoms with Crippen LogP contribution in [-0.4, -0.2) is 9.97 Å². The zero-order chi connectivity index (χ0) is 26.0. The second kappa shape index (κ2) is 8.49. The van der Waals surface area contributed by atoms with Crippen molar-refractivity contribution in [2.45, 2.75) is 27.7 Å². The van der Waals surface area contributed by atoms with Gasteiger partial charge >= 0.3 is 0 Å². The second-order valence-electron chi connectivity index (χ2n) is 10.4. The van der Waals surface area contributed by atoms with E-state index in [2.05, 4.69) is 125 Å². The zero-order valence-electron chi connectivity index (χ0n) is 22.1. The number of benzene rings is 5. The van der Waals surface area contributed by atoms with Crippen LogP contribution < -0.4 is 0 Å². The van der Waals surface area contributed by atoms with E-state index in [1.54, 1.807) is 0 Å². The summed E-state index contributed by atoms with van der Waals surface area (Å²) in [7, 11) is 0. The number of hydrogen-bond donors (Lipinski definition) is 0. The zero-order valence-corrected chi connectivity index (χ0v) is 22.1. The van der Waals surface area contributed by atoms with Gasteiger partial charge in [0.15, 0.2) is 0 Å². The van der Waals surface area contributed by atoms with Gasteiger partial charge in [-0.2, -0.15) is 0 Å². The molecule has 0 radical (unpaired) electrons. The van der Waals surface area contributed by atoms with Gasteiger partial charge in [0.05, 0.1) is 11.4 Å². The maximum atomic E-state index is 5.18. The summed E-state index contributed by atoms with van der Waals surface area (Å²) >= 11 is 0.